The van der Waals surface area contributed by atoms with Crippen LogP contribution < -0.4 is 25.2 Å². The molecule has 1 aliphatic heterocycles. The van der Waals surface area contributed by atoms with Gasteiger partial charge in [0.1, 0.15) is 0 Å². The fourth-order valence-electron chi connectivity index (χ4n) is 2.54. The predicted octanol–water partition coefficient (Wildman–Crippen LogP) is 1.76. The van der Waals surface area contributed by atoms with Gasteiger partial charge in [0, 0.05) is 36.8 Å². The minimum absolute atomic E-state index is 0. The molecule has 1 aliphatic rings. The number of anilines is 1. The molecule has 10 heteroatoms. The Hall–Kier alpha value is -2.49. The number of sulfonamides is 1. The van der Waals surface area contributed by atoms with Crippen molar-refractivity contribution in [3.63, 3.8) is 0 Å². The van der Waals surface area contributed by atoms with Crippen molar-refractivity contribution in [3.8, 4) is 11.5 Å². The van der Waals surface area contributed by atoms with Crippen LogP contribution in [0, 0.1) is 0 Å². The molecule has 1 heterocycles. The molecule has 0 aromatic heterocycles. The van der Waals surface area contributed by atoms with Crippen LogP contribution in [0.4, 0.5) is 5.69 Å². The lowest BCUT2D eigenvalue weighted by Crippen LogP contribution is -2.29. The molecule has 152 valence electrons. The number of fused-ring (bicyclic) bond motifs is 1. The molecular formula is C18H22ClN3O5S. The van der Waals surface area contributed by atoms with Gasteiger partial charge in [-0.3, -0.25) is 9.52 Å². The lowest BCUT2D eigenvalue weighted by atomic mass is 10.2. The maximum Gasteiger partial charge on any atom is 0.262 e. The summed E-state index contributed by atoms with van der Waals surface area (Å²) in [6, 6.07) is 10.7. The highest BCUT2D eigenvalue weighted by molar-refractivity contribution is 7.92. The van der Waals surface area contributed by atoms with Crippen LogP contribution in [0.1, 0.15) is 16.8 Å². The number of amides is 1. The summed E-state index contributed by atoms with van der Waals surface area (Å²) in [5, 5.41) is 2.64. The lowest BCUT2D eigenvalue weighted by molar-refractivity contribution is 0.0954. The quantitative estimate of drug-likeness (QED) is 0.646. The Balaban J connectivity index is 0.00000280. The molecular weight excluding hydrogens is 406 g/mol. The Labute approximate surface area is 169 Å². The Kier molecular flexibility index (Phi) is 7.50. The number of ether oxygens (including phenoxy) is 2. The Morgan fingerprint density at radius 2 is 1.82 bits per heavy atom. The highest BCUT2D eigenvalue weighted by atomic mass is 35.5. The molecule has 0 atom stereocenters. The molecule has 0 unspecified atom stereocenters. The van der Waals surface area contributed by atoms with Crippen molar-refractivity contribution < 1.29 is 22.7 Å². The first-order chi connectivity index (χ1) is 13.0. The normalized spacial score (nSPS) is 13.0. The van der Waals surface area contributed by atoms with Crippen molar-refractivity contribution in [2.24, 2.45) is 5.73 Å². The molecule has 2 aromatic carbocycles. The molecule has 28 heavy (non-hydrogen) atoms. The standard InChI is InChI=1S/C18H21N3O5S.ClH/c19-7-8-20-18(22)13-3-1-4-14(11-13)21-27(23,24)15-5-6-16-17(12-15)26-10-2-9-25-16;/h1,3-6,11-12,21H,2,7-10,19H2,(H,20,22);1H. The zero-order valence-electron chi connectivity index (χ0n) is 15.0. The van der Waals surface area contributed by atoms with Crippen LogP contribution in [0.2, 0.25) is 0 Å². The van der Waals surface area contributed by atoms with Crippen molar-refractivity contribution >= 4 is 34.0 Å². The van der Waals surface area contributed by atoms with Crippen LogP contribution in [0.5, 0.6) is 11.5 Å². The van der Waals surface area contributed by atoms with E-state index in [1.54, 1.807) is 24.3 Å². The van der Waals surface area contributed by atoms with Crippen LogP contribution >= 0.6 is 12.4 Å². The Bertz CT molecular complexity index is 937. The number of nitrogens with one attached hydrogen (secondary N) is 2. The van der Waals surface area contributed by atoms with E-state index in [1.165, 1.54) is 18.2 Å². The zero-order chi connectivity index (χ0) is 19.3. The average Bonchev–Trinajstić information content (AvgIpc) is 2.90. The minimum atomic E-state index is -3.86. The van der Waals surface area contributed by atoms with Crippen LogP contribution in [0.25, 0.3) is 0 Å². The summed E-state index contributed by atoms with van der Waals surface area (Å²) in [6.07, 6.45) is 0.730. The molecule has 2 aromatic rings. The topological polar surface area (TPSA) is 120 Å². The van der Waals surface area contributed by atoms with Gasteiger partial charge < -0.3 is 20.5 Å². The molecule has 0 saturated heterocycles. The first-order valence-corrected chi connectivity index (χ1v) is 9.99. The van der Waals surface area contributed by atoms with E-state index in [0.29, 0.717) is 43.4 Å². The highest BCUT2D eigenvalue weighted by Crippen LogP contribution is 2.32. The van der Waals surface area contributed by atoms with Crippen LogP contribution in [0.3, 0.4) is 0 Å². The van der Waals surface area contributed by atoms with Gasteiger partial charge in [0.2, 0.25) is 0 Å². The summed E-state index contributed by atoms with van der Waals surface area (Å²) >= 11 is 0. The monoisotopic (exact) mass is 427 g/mol. The molecule has 0 fully saturated rings. The third-order valence-corrected chi connectivity index (χ3v) is 5.22. The van der Waals surface area contributed by atoms with E-state index >= 15 is 0 Å². The molecule has 0 spiro atoms. The summed E-state index contributed by atoms with van der Waals surface area (Å²) in [7, 11) is -3.86. The summed E-state index contributed by atoms with van der Waals surface area (Å²) in [5.41, 5.74) is 5.98. The van der Waals surface area contributed by atoms with Crippen LogP contribution in [-0.2, 0) is 10.0 Å². The van der Waals surface area contributed by atoms with Crippen LogP contribution in [0.15, 0.2) is 47.4 Å². The van der Waals surface area contributed by atoms with Crippen molar-refractivity contribution in [3.05, 3.63) is 48.0 Å². The van der Waals surface area contributed by atoms with Gasteiger partial charge in [0.25, 0.3) is 15.9 Å². The van der Waals surface area contributed by atoms with E-state index in [4.69, 9.17) is 15.2 Å². The first-order valence-electron chi connectivity index (χ1n) is 8.50. The van der Waals surface area contributed by atoms with Gasteiger partial charge >= 0.3 is 0 Å². The van der Waals surface area contributed by atoms with Crippen molar-refractivity contribution in [1.82, 2.24) is 5.32 Å². The van der Waals surface area contributed by atoms with Gasteiger partial charge in [-0.1, -0.05) is 6.07 Å². The summed E-state index contributed by atoms with van der Waals surface area (Å²) in [5.74, 6) is 0.590. The molecule has 0 saturated carbocycles. The van der Waals surface area contributed by atoms with E-state index < -0.39 is 10.0 Å². The molecule has 0 radical (unpaired) electrons. The zero-order valence-corrected chi connectivity index (χ0v) is 16.6. The number of halogens is 1. The molecule has 4 N–H and O–H groups in total. The maximum absolute atomic E-state index is 12.7. The van der Waals surface area contributed by atoms with Gasteiger partial charge in [0.15, 0.2) is 11.5 Å². The molecule has 0 bridgehead atoms. The molecule has 8 nitrogen and oxygen atoms in total. The van der Waals surface area contributed by atoms with Gasteiger partial charge in [-0.15, -0.1) is 12.4 Å². The predicted molar refractivity (Wildman–Crippen MR) is 108 cm³/mol. The number of benzene rings is 2. The molecule has 3 rings (SSSR count). The number of nitrogens with two attached hydrogens (primary N) is 1. The largest absolute Gasteiger partial charge is 0.490 e. The second-order valence-corrected chi connectivity index (χ2v) is 7.57. The first kappa shape index (κ1) is 21.8. The summed E-state index contributed by atoms with van der Waals surface area (Å²) in [4.78, 5) is 12.1. The second-order valence-electron chi connectivity index (χ2n) is 5.89. The van der Waals surface area contributed by atoms with E-state index in [9.17, 15) is 13.2 Å². The molecule has 0 aliphatic carbocycles. The SMILES string of the molecule is Cl.NCCNC(=O)c1cccc(NS(=O)(=O)c2ccc3c(c2)OCCCO3)c1. The third kappa shape index (κ3) is 5.28. The minimum Gasteiger partial charge on any atom is -0.490 e. The number of carbonyl (C=O) groups excluding carboxylic acids is 1. The average molecular weight is 428 g/mol. The van der Waals surface area contributed by atoms with Gasteiger partial charge in [0.05, 0.1) is 18.1 Å². The Morgan fingerprint density at radius 1 is 1.07 bits per heavy atom. The van der Waals surface area contributed by atoms with Crippen molar-refractivity contribution in [1.29, 1.82) is 0 Å². The van der Waals surface area contributed by atoms with Gasteiger partial charge in [-0.25, -0.2) is 8.42 Å². The van der Waals surface area contributed by atoms with E-state index in [-0.39, 0.29) is 28.9 Å². The summed E-state index contributed by atoms with van der Waals surface area (Å²) in [6.45, 7) is 1.65. The fraction of sp³-hybridized carbons (Fsp3) is 0.278. The van der Waals surface area contributed by atoms with E-state index in [2.05, 4.69) is 10.0 Å². The second kappa shape index (κ2) is 9.63. The Morgan fingerprint density at radius 3 is 2.57 bits per heavy atom. The number of hydrogen-bond donors (Lipinski definition) is 3. The number of carbonyl (C=O) groups is 1. The lowest BCUT2D eigenvalue weighted by Gasteiger charge is -2.12. The number of rotatable bonds is 6. The van der Waals surface area contributed by atoms with Gasteiger partial charge in [-0.05, 0) is 30.3 Å². The van der Waals surface area contributed by atoms with Crippen molar-refractivity contribution in [2.45, 2.75) is 11.3 Å². The van der Waals surface area contributed by atoms with Crippen LogP contribution in [-0.4, -0.2) is 40.6 Å². The number of hydrogen-bond acceptors (Lipinski definition) is 6. The molecule has 1 amide bonds. The van der Waals surface area contributed by atoms with E-state index in [0.717, 1.165) is 6.42 Å². The smallest absolute Gasteiger partial charge is 0.262 e. The fourth-order valence-corrected chi connectivity index (χ4v) is 3.60. The van der Waals surface area contributed by atoms with E-state index in [1.807, 2.05) is 0 Å². The third-order valence-electron chi connectivity index (χ3n) is 3.84. The van der Waals surface area contributed by atoms with Crippen molar-refractivity contribution in [2.75, 3.05) is 31.0 Å². The highest BCUT2D eigenvalue weighted by Gasteiger charge is 2.19. The summed E-state index contributed by atoms with van der Waals surface area (Å²) < 4.78 is 38.9. The van der Waals surface area contributed by atoms with Gasteiger partial charge in [-0.2, -0.15) is 0 Å². The maximum atomic E-state index is 12.7.